The first kappa shape index (κ1) is 33.7. The molecular weight excluding hydrogens is 482 g/mol. The van der Waals surface area contributed by atoms with Crippen molar-refractivity contribution in [1.29, 1.82) is 0 Å². The van der Waals surface area contributed by atoms with Gasteiger partial charge in [-0.25, -0.2) is 0 Å². The van der Waals surface area contributed by atoms with Gasteiger partial charge in [0.05, 0.1) is 0 Å². The summed E-state index contributed by atoms with van der Waals surface area (Å²) < 4.78 is 39.4. The normalized spacial score (nSPS) is 12.3. The summed E-state index contributed by atoms with van der Waals surface area (Å²) in [5, 5.41) is 8.30. The van der Waals surface area contributed by atoms with Crippen LogP contribution < -0.4 is 5.73 Å². The molecule has 0 atom stereocenters. The number of carbonyl (C=O) groups is 1. The molecule has 178 valence electrons. The van der Waals surface area contributed by atoms with E-state index in [1.54, 1.807) is 0 Å². The second-order valence-electron chi connectivity index (χ2n) is 5.64. The van der Waals surface area contributed by atoms with Crippen molar-refractivity contribution in [2.24, 2.45) is 5.73 Å². The summed E-state index contributed by atoms with van der Waals surface area (Å²) in [6.07, 6.45) is 5.45. The summed E-state index contributed by atoms with van der Waals surface area (Å²) in [6, 6.07) is 0. The molecule has 0 amide bonds. The van der Waals surface area contributed by atoms with Gasteiger partial charge in [0, 0.05) is 6.42 Å². The van der Waals surface area contributed by atoms with Gasteiger partial charge in [-0.3, -0.25) is 23.1 Å². The van der Waals surface area contributed by atoms with Gasteiger partial charge in [0.15, 0.2) is 11.8 Å². The molecule has 0 fully saturated rings. The molecule has 0 spiro atoms. The molecule has 0 aliphatic heterocycles. The van der Waals surface area contributed by atoms with Gasteiger partial charge < -0.3 is 50.0 Å². The van der Waals surface area contributed by atoms with Crippen LogP contribution in [0.4, 0.5) is 0 Å². The molecule has 29 heavy (non-hydrogen) atoms. The van der Waals surface area contributed by atoms with E-state index in [1.165, 1.54) is 0 Å². The zero-order valence-corrected chi connectivity index (χ0v) is 18.9. The zero-order chi connectivity index (χ0) is 23.9. The van der Waals surface area contributed by atoms with Gasteiger partial charge in [0.1, 0.15) is 0 Å². The number of carboxylic acid groups (broad SMARTS) is 1. The van der Waals surface area contributed by atoms with Crippen molar-refractivity contribution in [3.05, 3.63) is 0 Å². The molecule has 0 bridgehead atoms. The maximum atomic E-state index is 10.1. The maximum absolute atomic E-state index is 10.1. The van der Waals surface area contributed by atoms with Crippen LogP contribution in [-0.2, 0) is 23.1 Å². The van der Waals surface area contributed by atoms with Crippen molar-refractivity contribution in [3.63, 3.8) is 0 Å². The molecule has 0 aromatic heterocycles. The lowest BCUT2D eigenvalue weighted by Crippen LogP contribution is -1.98. The number of nitrogens with two attached hydrogens (primary N) is 1. The first-order valence-electron chi connectivity index (χ1n) is 7.78. The average molecular weight is 511 g/mol. The van der Waals surface area contributed by atoms with Gasteiger partial charge in [0.25, 0.3) is 0 Å². The lowest BCUT2D eigenvalue weighted by atomic mass is 10.1. The third-order valence-corrected chi connectivity index (χ3v) is 8.23. The fourth-order valence-corrected chi connectivity index (χ4v) is 5.27. The van der Waals surface area contributed by atoms with E-state index < -0.39 is 48.2 Å². The summed E-state index contributed by atoms with van der Waals surface area (Å²) >= 11 is 0. The van der Waals surface area contributed by atoms with E-state index in [2.05, 4.69) is 0 Å². The highest BCUT2D eigenvalue weighted by molar-refractivity contribution is 7.69. The summed E-state index contributed by atoms with van der Waals surface area (Å²) in [4.78, 5) is 73.8. The second kappa shape index (κ2) is 15.8. The SMILES string of the molecule is NCCCCCCCC(=O)O.O=P(O)(O)CP(=O)(O)O.O=P(O)(O)CP(=O)(O)O. The summed E-state index contributed by atoms with van der Waals surface area (Å²) in [5.41, 5.74) is 5.30. The number of rotatable bonds is 11. The molecule has 0 saturated heterocycles. The van der Waals surface area contributed by atoms with Crippen molar-refractivity contribution >= 4 is 36.4 Å². The van der Waals surface area contributed by atoms with Crippen LogP contribution in [0, 0.1) is 0 Å². The predicted molar refractivity (Wildman–Crippen MR) is 102 cm³/mol. The molecule has 0 radical (unpaired) electrons. The van der Waals surface area contributed by atoms with Crippen molar-refractivity contribution in [3.8, 4) is 0 Å². The molecule has 0 rings (SSSR count). The third kappa shape index (κ3) is 47.3. The van der Waals surface area contributed by atoms with Gasteiger partial charge in [-0.1, -0.05) is 19.3 Å². The van der Waals surface area contributed by atoms with E-state index in [0.29, 0.717) is 6.42 Å². The Kier molecular flexibility index (Phi) is 18.3. The Labute approximate surface area is 167 Å². The van der Waals surface area contributed by atoms with E-state index in [4.69, 9.17) is 50.0 Å². The highest BCUT2D eigenvalue weighted by Gasteiger charge is 2.27. The van der Waals surface area contributed by atoms with Crippen LogP contribution >= 0.6 is 30.4 Å². The number of carboxylic acids is 1. The fourth-order valence-electron chi connectivity index (χ4n) is 1.43. The van der Waals surface area contributed by atoms with Gasteiger partial charge in [-0.2, -0.15) is 0 Å². The maximum Gasteiger partial charge on any atom is 0.337 e. The molecular formula is C10H29NO14P4. The zero-order valence-electron chi connectivity index (χ0n) is 15.3. The quantitative estimate of drug-likeness (QED) is 0.129. The van der Waals surface area contributed by atoms with E-state index in [1.807, 2.05) is 0 Å². The molecule has 0 aromatic carbocycles. The smallest absolute Gasteiger partial charge is 0.337 e. The summed E-state index contributed by atoms with van der Waals surface area (Å²) in [7, 11) is -18.2. The summed E-state index contributed by atoms with van der Waals surface area (Å²) in [5.74, 6) is -3.44. The third-order valence-electron chi connectivity index (χ3n) is 2.33. The molecule has 0 unspecified atom stereocenters. The second-order valence-corrected chi connectivity index (χ2v) is 13.2. The van der Waals surface area contributed by atoms with Crippen molar-refractivity contribution < 1.29 is 67.3 Å². The first-order chi connectivity index (χ1) is 12.7. The number of aliphatic carboxylic acids is 1. The van der Waals surface area contributed by atoms with Gasteiger partial charge in [0.2, 0.25) is 0 Å². The minimum Gasteiger partial charge on any atom is -0.481 e. The Hall–Kier alpha value is 0.0300. The molecule has 0 saturated carbocycles. The van der Waals surface area contributed by atoms with E-state index >= 15 is 0 Å². The van der Waals surface area contributed by atoms with Crippen molar-refractivity contribution in [1.82, 2.24) is 0 Å². The molecule has 0 aliphatic rings. The first-order valence-corrected chi connectivity index (χ1v) is 15.0. The highest BCUT2D eigenvalue weighted by atomic mass is 31.2. The van der Waals surface area contributed by atoms with Crippen LogP contribution in [0.25, 0.3) is 0 Å². The Morgan fingerprint density at radius 1 is 0.586 bits per heavy atom. The lowest BCUT2D eigenvalue weighted by Gasteiger charge is -2.03. The molecule has 0 aromatic rings. The average Bonchev–Trinajstić information content (AvgIpc) is 2.35. The van der Waals surface area contributed by atoms with E-state index in [-0.39, 0.29) is 0 Å². The van der Waals surface area contributed by atoms with Crippen LogP contribution in [0.3, 0.4) is 0 Å². The van der Waals surface area contributed by atoms with Crippen LogP contribution in [0.2, 0.25) is 0 Å². The van der Waals surface area contributed by atoms with Crippen LogP contribution in [0.1, 0.15) is 38.5 Å². The molecule has 15 nitrogen and oxygen atoms in total. The topological polar surface area (TPSA) is 293 Å². The Morgan fingerprint density at radius 2 is 0.862 bits per heavy atom. The van der Waals surface area contributed by atoms with Crippen LogP contribution in [-0.4, -0.2) is 68.6 Å². The Balaban J connectivity index is -0.000000352. The summed E-state index contributed by atoms with van der Waals surface area (Å²) in [6.45, 7) is 0.749. The van der Waals surface area contributed by atoms with E-state index in [0.717, 1.165) is 38.6 Å². The minimum atomic E-state index is -4.55. The monoisotopic (exact) mass is 511 g/mol. The molecule has 11 N–H and O–H groups in total. The highest BCUT2D eigenvalue weighted by Crippen LogP contribution is 2.52. The standard InChI is InChI=1S/C8H17NO2.2CH6O6P2/c9-7-5-3-1-2-4-6-8(10)11;2*2-8(3,4)1-9(5,6)7/h1-7,9H2,(H,10,11);2*1H2,(H2,2,3,4)(H2,5,6,7). The predicted octanol–water partition coefficient (Wildman–Crippen LogP) is -0.0311. The van der Waals surface area contributed by atoms with Gasteiger partial charge >= 0.3 is 36.4 Å². The van der Waals surface area contributed by atoms with Crippen LogP contribution in [0.5, 0.6) is 0 Å². The van der Waals surface area contributed by atoms with E-state index in [9.17, 15) is 23.1 Å². The lowest BCUT2D eigenvalue weighted by molar-refractivity contribution is -0.137. The van der Waals surface area contributed by atoms with Crippen molar-refractivity contribution in [2.75, 3.05) is 18.4 Å². The number of unbranched alkanes of at least 4 members (excludes halogenated alkanes) is 4. The van der Waals surface area contributed by atoms with Crippen LogP contribution in [0.15, 0.2) is 0 Å². The Bertz CT molecular complexity index is 548. The number of hydrogen-bond acceptors (Lipinski definition) is 6. The largest absolute Gasteiger partial charge is 0.481 e. The van der Waals surface area contributed by atoms with Crippen molar-refractivity contribution in [2.45, 2.75) is 38.5 Å². The molecule has 0 aliphatic carbocycles. The minimum absolute atomic E-state index is 0.308. The fraction of sp³-hybridized carbons (Fsp3) is 0.900. The molecule has 19 heteroatoms. The van der Waals surface area contributed by atoms with Gasteiger partial charge in [-0.05, 0) is 19.4 Å². The van der Waals surface area contributed by atoms with Gasteiger partial charge in [-0.15, -0.1) is 0 Å². The number of hydrogen-bond donors (Lipinski definition) is 10. The Morgan fingerprint density at radius 3 is 1.07 bits per heavy atom. The molecule has 0 heterocycles.